The van der Waals surface area contributed by atoms with Gasteiger partial charge >= 0.3 is 0 Å². The van der Waals surface area contributed by atoms with Crippen molar-refractivity contribution in [2.45, 2.75) is 39.7 Å². The first kappa shape index (κ1) is 25.7. The van der Waals surface area contributed by atoms with Gasteiger partial charge in [-0.1, -0.05) is 57.8 Å². The summed E-state index contributed by atoms with van der Waals surface area (Å²) in [6, 6.07) is 12.3. The summed E-state index contributed by atoms with van der Waals surface area (Å²) in [7, 11) is 1.68. The van der Waals surface area contributed by atoms with Crippen LogP contribution in [0.15, 0.2) is 45.3 Å². The SMILES string of the molecule is CCN(CC)CCCC(C)Nc1nc(/C=C/c2ccc(Br)cc2Br)nc2ccc(OC)cc12. The molecule has 2 aromatic carbocycles. The van der Waals surface area contributed by atoms with E-state index in [0.29, 0.717) is 11.9 Å². The maximum absolute atomic E-state index is 5.44. The number of nitrogens with zero attached hydrogens (tertiary/aromatic N) is 3. The van der Waals surface area contributed by atoms with Gasteiger partial charge in [0.2, 0.25) is 0 Å². The van der Waals surface area contributed by atoms with E-state index in [1.807, 2.05) is 48.6 Å². The molecule has 1 N–H and O–H groups in total. The number of ether oxygens (including phenoxy) is 1. The maximum atomic E-state index is 5.44. The maximum Gasteiger partial charge on any atom is 0.154 e. The molecule has 1 aromatic heterocycles. The smallest absolute Gasteiger partial charge is 0.154 e. The average Bonchev–Trinajstić information content (AvgIpc) is 2.81. The Bertz CT molecular complexity index is 1100. The fourth-order valence-electron chi connectivity index (χ4n) is 3.70. The van der Waals surface area contributed by atoms with E-state index in [0.717, 1.165) is 69.5 Å². The highest BCUT2D eigenvalue weighted by Gasteiger charge is 2.12. The number of nitrogens with one attached hydrogen (secondary N) is 1. The zero-order valence-corrected chi connectivity index (χ0v) is 22.9. The third kappa shape index (κ3) is 7.26. The first-order chi connectivity index (χ1) is 15.9. The van der Waals surface area contributed by atoms with Gasteiger partial charge in [-0.15, -0.1) is 0 Å². The van der Waals surface area contributed by atoms with Crippen LogP contribution in [0.3, 0.4) is 0 Å². The summed E-state index contributed by atoms with van der Waals surface area (Å²) in [5.41, 5.74) is 1.95. The Morgan fingerprint density at radius 2 is 1.85 bits per heavy atom. The largest absolute Gasteiger partial charge is 0.497 e. The van der Waals surface area contributed by atoms with E-state index in [9.17, 15) is 0 Å². The summed E-state index contributed by atoms with van der Waals surface area (Å²) in [6.45, 7) is 9.96. The molecule has 176 valence electrons. The lowest BCUT2D eigenvalue weighted by Crippen LogP contribution is -2.25. The summed E-state index contributed by atoms with van der Waals surface area (Å²) in [6.07, 6.45) is 6.20. The van der Waals surface area contributed by atoms with Gasteiger partial charge < -0.3 is 15.0 Å². The van der Waals surface area contributed by atoms with E-state index < -0.39 is 0 Å². The molecule has 0 saturated heterocycles. The highest BCUT2D eigenvalue weighted by atomic mass is 79.9. The molecule has 5 nitrogen and oxygen atoms in total. The van der Waals surface area contributed by atoms with Crippen LogP contribution in [-0.2, 0) is 0 Å². The highest BCUT2D eigenvalue weighted by molar-refractivity contribution is 9.11. The summed E-state index contributed by atoms with van der Waals surface area (Å²) < 4.78 is 7.49. The van der Waals surface area contributed by atoms with Crippen LogP contribution < -0.4 is 10.1 Å². The topological polar surface area (TPSA) is 50.3 Å². The highest BCUT2D eigenvalue weighted by Crippen LogP contribution is 2.27. The second-order valence-electron chi connectivity index (χ2n) is 8.03. The second-order valence-corrected chi connectivity index (χ2v) is 9.80. The fourth-order valence-corrected chi connectivity index (χ4v) is 4.88. The zero-order valence-electron chi connectivity index (χ0n) is 19.7. The van der Waals surface area contributed by atoms with Gasteiger partial charge in [-0.3, -0.25) is 0 Å². The molecule has 0 spiro atoms. The van der Waals surface area contributed by atoms with Crippen LogP contribution in [0.2, 0.25) is 0 Å². The minimum absolute atomic E-state index is 0.294. The number of hydrogen-bond acceptors (Lipinski definition) is 5. The van der Waals surface area contributed by atoms with Crippen LogP contribution >= 0.6 is 31.9 Å². The molecule has 0 aliphatic carbocycles. The molecule has 1 atom stereocenters. The van der Waals surface area contributed by atoms with Crippen molar-refractivity contribution in [2.75, 3.05) is 32.1 Å². The van der Waals surface area contributed by atoms with E-state index in [1.165, 1.54) is 0 Å². The third-order valence-electron chi connectivity index (χ3n) is 5.68. The number of fused-ring (bicyclic) bond motifs is 1. The molecule has 3 aromatic rings. The molecule has 0 amide bonds. The number of anilines is 1. The average molecular weight is 576 g/mol. The molecule has 0 bridgehead atoms. The molecular formula is C26H32Br2N4O. The van der Waals surface area contributed by atoms with Crippen molar-refractivity contribution in [1.29, 1.82) is 0 Å². The fraction of sp³-hybridized carbons (Fsp3) is 0.385. The summed E-state index contributed by atoms with van der Waals surface area (Å²) in [5, 5.41) is 4.59. The van der Waals surface area contributed by atoms with Crippen molar-refractivity contribution in [1.82, 2.24) is 14.9 Å². The Hall–Kier alpha value is -1.96. The van der Waals surface area contributed by atoms with Gasteiger partial charge in [-0.25, -0.2) is 9.97 Å². The molecule has 1 heterocycles. The number of rotatable bonds is 11. The molecule has 3 rings (SSSR count). The summed E-state index contributed by atoms with van der Waals surface area (Å²) in [4.78, 5) is 12.1. The van der Waals surface area contributed by atoms with Crippen molar-refractivity contribution in [3.8, 4) is 5.75 Å². The van der Waals surface area contributed by atoms with Gasteiger partial charge in [-0.2, -0.15) is 0 Å². The van der Waals surface area contributed by atoms with Gasteiger partial charge in [-0.05, 0) is 81.4 Å². The van der Waals surface area contributed by atoms with Crippen molar-refractivity contribution >= 4 is 60.7 Å². The molecule has 7 heteroatoms. The zero-order chi connectivity index (χ0) is 23.8. The molecule has 0 aliphatic rings. The van der Waals surface area contributed by atoms with E-state index in [-0.39, 0.29) is 0 Å². The van der Waals surface area contributed by atoms with Crippen molar-refractivity contribution in [2.24, 2.45) is 0 Å². The van der Waals surface area contributed by atoms with Gasteiger partial charge in [0.15, 0.2) is 5.82 Å². The van der Waals surface area contributed by atoms with Crippen molar-refractivity contribution in [3.63, 3.8) is 0 Å². The molecule has 0 saturated carbocycles. The van der Waals surface area contributed by atoms with Crippen LogP contribution in [0.1, 0.15) is 45.0 Å². The van der Waals surface area contributed by atoms with Gasteiger partial charge in [0.25, 0.3) is 0 Å². The number of methoxy groups -OCH3 is 1. The normalized spacial score (nSPS) is 12.6. The minimum atomic E-state index is 0.294. The number of hydrogen-bond donors (Lipinski definition) is 1. The van der Waals surface area contributed by atoms with Crippen LogP contribution in [0.25, 0.3) is 23.1 Å². The summed E-state index contributed by atoms with van der Waals surface area (Å²) in [5.74, 6) is 2.30. The van der Waals surface area contributed by atoms with Gasteiger partial charge in [0.1, 0.15) is 11.6 Å². The third-order valence-corrected chi connectivity index (χ3v) is 6.86. The molecular weight excluding hydrogens is 544 g/mol. The van der Waals surface area contributed by atoms with Gasteiger partial charge in [0, 0.05) is 20.4 Å². The van der Waals surface area contributed by atoms with Gasteiger partial charge in [0.05, 0.1) is 12.6 Å². The first-order valence-electron chi connectivity index (χ1n) is 11.4. The number of benzene rings is 2. The molecule has 0 fully saturated rings. The van der Waals surface area contributed by atoms with E-state index >= 15 is 0 Å². The summed E-state index contributed by atoms with van der Waals surface area (Å²) >= 11 is 7.11. The Morgan fingerprint density at radius 3 is 2.55 bits per heavy atom. The molecule has 0 radical (unpaired) electrons. The van der Waals surface area contributed by atoms with Crippen LogP contribution in [0, 0.1) is 0 Å². The Labute approximate surface area is 213 Å². The lowest BCUT2D eigenvalue weighted by atomic mass is 10.1. The number of halogens is 2. The Kier molecular flexibility index (Phi) is 9.71. The van der Waals surface area contributed by atoms with Crippen LogP contribution in [0.5, 0.6) is 5.75 Å². The quantitative estimate of drug-likeness (QED) is 0.261. The standard InChI is InChI=1S/C26H32Br2N4O/c1-5-32(6-2)15-7-8-18(3)29-26-22-17-21(33-4)12-13-24(22)30-25(31-26)14-10-19-9-11-20(27)16-23(19)28/h9-14,16-18H,5-8,15H2,1-4H3,(H,29,30,31)/b14-10+. The predicted octanol–water partition coefficient (Wildman–Crippen LogP) is 7.26. The van der Waals surface area contributed by atoms with Crippen LogP contribution in [-0.4, -0.2) is 47.7 Å². The first-order valence-corrected chi connectivity index (χ1v) is 13.0. The van der Waals surface area contributed by atoms with E-state index in [4.69, 9.17) is 14.7 Å². The van der Waals surface area contributed by atoms with Crippen molar-refractivity contribution < 1.29 is 4.74 Å². The Balaban J connectivity index is 1.85. The minimum Gasteiger partial charge on any atom is -0.497 e. The Morgan fingerprint density at radius 1 is 1.06 bits per heavy atom. The van der Waals surface area contributed by atoms with Crippen LogP contribution in [0.4, 0.5) is 5.82 Å². The lowest BCUT2D eigenvalue weighted by Gasteiger charge is -2.20. The lowest BCUT2D eigenvalue weighted by molar-refractivity contribution is 0.295. The molecule has 33 heavy (non-hydrogen) atoms. The number of aromatic nitrogens is 2. The predicted molar refractivity (Wildman–Crippen MR) is 147 cm³/mol. The van der Waals surface area contributed by atoms with Crippen molar-refractivity contribution in [3.05, 3.63) is 56.7 Å². The van der Waals surface area contributed by atoms with E-state index in [2.05, 4.69) is 62.8 Å². The second kappa shape index (κ2) is 12.5. The van der Waals surface area contributed by atoms with E-state index in [1.54, 1.807) is 7.11 Å². The monoisotopic (exact) mass is 574 g/mol. The molecule has 0 aliphatic heterocycles. The molecule has 1 unspecified atom stereocenters.